The molecular formula is C22H20Cl2N6O4S. The largest absolute Gasteiger partial charge is 0.345 e. The van der Waals surface area contributed by atoms with E-state index in [1.807, 2.05) is 0 Å². The van der Waals surface area contributed by atoms with Gasteiger partial charge in [0.15, 0.2) is 11.0 Å². The minimum atomic E-state index is -0.524. The fourth-order valence-electron chi connectivity index (χ4n) is 2.94. The molecule has 1 heterocycles. The summed E-state index contributed by atoms with van der Waals surface area (Å²) in [5, 5.41) is 25.7. The average molecular weight is 535 g/mol. The van der Waals surface area contributed by atoms with Crippen molar-refractivity contribution < 1.29 is 14.5 Å². The predicted molar refractivity (Wildman–Crippen MR) is 135 cm³/mol. The van der Waals surface area contributed by atoms with E-state index in [0.717, 1.165) is 11.8 Å². The number of aromatic nitrogens is 3. The number of nitrogens with zero attached hydrogens (tertiary/aromatic N) is 4. The lowest BCUT2D eigenvalue weighted by Gasteiger charge is -2.10. The summed E-state index contributed by atoms with van der Waals surface area (Å²) < 4.78 is 1.72. The summed E-state index contributed by atoms with van der Waals surface area (Å²) in [5.41, 5.74) is 1.29. The lowest BCUT2D eigenvalue weighted by atomic mass is 10.2. The maximum absolute atomic E-state index is 12.5. The highest BCUT2D eigenvalue weighted by Crippen LogP contribution is 2.24. The summed E-state index contributed by atoms with van der Waals surface area (Å²) in [6.07, 6.45) is 1.64. The molecule has 2 N–H and O–H groups in total. The van der Waals surface area contributed by atoms with E-state index >= 15 is 0 Å². The summed E-state index contributed by atoms with van der Waals surface area (Å²) in [6.45, 7) is 5.91. The standard InChI is InChI=1S/C22H20Cl2N6O4S/c1-3-8-29-19(11-25-21(32)14-5-7-16(23)17(24)9-14)27-28-22(29)35-12-20(31)26-18-10-15(30(33)34)6-4-13(18)2/h3-7,9-10H,1,8,11-12H2,2H3,(H,25,32)(H,26,31). The van der Waals surface area contributed by atoms with Crippen molar-refractivity contribution in [1.82, 2.24) is 20.1 Å². The quantitative estimate of drug-likeness (QED) is 0.167. The van der Waals surface area contributed by atoms with Crippen LogP contribution in [0.15, 0.2) is 54.2 Å². The number of allylic oxidation sites excluding steroid dienone is 1. The van der Waals surface area contributed by atoms with Crippen LogP contribution < -0.4 is 10.6 Å². The van der Waals surface area contributed by atoms with Crippen molar-refractivity contribution in [2.24, 2.45) is 0 Å². The molecule has 182 valence electrons. The summed E-state index contributed by atoms with van der Waals surface area (Å²) in [5.74, 6) is -0.262. The first-order chi connectivity index (χ1) is 16.7. The van der Waals surface area contributed by atoms with E-state index in [9.17, 15) is 19.7 Å². The zero-order chi connectivity index (χ0) is 25.5. The Hall–Kier alpha value is -3.41. The van der Waals surface area contributed by atoms with Gasteiger partial charge in [0.25, 0.3) is 11.6 Å². The number of thioether (sulfide) groups is 1. The van der Waals surface area contributed by atoms with E-state index < -0.39 is 4.92 Å². The maximum atomic E-state index is 12.5. The van der Waals surface area contributed by atoms with Crippen molar-refractivity contribution in [1.29, 1.82) is 0 Å². The van der Waals surface area contributed by atoms with Crippen LogP contribution in [0.2, 0.25) is 10.0 Å². The first-order valence-corrected chi connectivity index (χ1v) is 11.9. The van der Waals surface area contributed by atoms with Crippen LogP contribution in [0.25, 0.3) is 0 Å². The van der Waals surface area contributed by atoms with Gasteiger partial charge in [-0.25, -0.2) is 0 Å². The topological polar surface area (TPSA) is 132 Å². The Morgan fingerprint density at radius 3 is 2.66 bits per heavy atom. The molecule has 0 radical (unpaired) electrons. The molecule has 0 saturated heterocycles. The lowest BCUT2D eigenvalue weighted by Crippen LogP contribution is -2.25. The van der Waals surface area contributed by atoms with Crippen molar-refractivity contribution in [3.8, 4) is 0 Å². The smallest absolute Gasteiger partial charge is 0.271 e. The second kappa shape index (κ2) is 11.8. The summed E-state index contributed by atoms with van der Waals surface area (Å²) in [7, 11) is 0. The number of nitrogens with one attached hydrogen (secondary N) is 2. The van der Waals surface area contributed by atoms with Gasteiger partial charge in [-0.1, -0.05) is 47.1 Å². The van der Waals surface area contributed by atoms with Crippen molar-refractivity contribution in [3.05, 3.63) is 86.2 Å². The number of anilines is 1. The first-order valence-electron chi connectivity index (χ1n) is 10.1. The van der Waals surface area contributed by atoms with Crippen LogP contribution >= 0.6 is 35.0 Å². The number of halogens is 2. The molecule has 0 unspecified atom stereocenters. The minimum absolute atomic E-state index is 0.00690. The first kappa shape index (κ1) is 26.2. The Labute approximate surface area is 214 Å². The number of hydrogen-bond donors (Lipinski definition) is 2. The van der Waals surface area contributed by atoms with Gasteiger partial charge in [-0.3, -0.25) is 19.7 Å². The fourth-order valence-corrected chi connectivity index (χ4v) is 4.01. The van der Waals surface area contributed by atoms with Crippen LogP contribution in [0, 0.1) is 17.0 Å². The minimum Gasteiger partial charge on any atom is -0.345 e. The number of nitro groups is 1. The molecule has 0 bridgehead atoms. The highest BCUT2D eigenvalue weighted by molar-refractivity contribution is 7.99. The lowest BCUT2D eigenvalue weighted by molar-refractivity contribution is -0.384. The van der Waals surface area contributed by atoms with Crippen LogP contribution in [0.5, 0.6) is 0 Å². The van der Waals surface area contributed by atoms with Crippen molar-refractivity contribution in [2.45, 2.75) is 25.2 Å². The molecule has 0 fully saturated rings. The van der Waals surface area contributed by atoms with Gasteiger partial charge in [0, 0.05) is 24.2 Å². The van der Waals surface area contributed by atoms with Crippen LogP contribution in [-0.2, 0) is 17.9 Å². The highest BCUT2D eigenvalue weighted by atomic mass is 35.5. The number of benzene rings is 2. The second-order valence-corrected chi connectivity index (χ2v) is 8.96. The molecule has 0 aliphatic carbocycles. The van der Waals surface area contributed by atoms with Crippen LogP contribution in [0.3, 0.4) is 0 Å². The molecule has 3 aromatic rings. The van der Waals surface area contributed by atoms with Crippen molar-refractivity contribution in [2.75, 3.05) is 11.1 Å². The van der Waals surface area contributed by atoms with Gasteiger partial charge in [0.2, 0.25) is 5.91 Å². The Balaban J connectivity index is 1.64. The zero-order valence-electron chi connectivity index (χ0n) is 18.5. The molecule has 1 aromatic heterocycles. The molecule has 13 heteroatoms. The van der Waals surface area contributed by atoms with Gasteiger partial charge in [0.05, 0.1) is 33.0 Å². The molecule has 0 spiro atoms. The monoisotopic (exact) mass is 534 g/mol. The molecule has 2 amide bonds. The number of aryl methyl sites for hydroxylation is 1. The molecule has 0 aliphatic rings. The van der Waals surface area contributed by atoms with Crippen molar-refractivity contribution >= 4 is 58.2 Å². The highest BCUT2D eigenvalue weighted by Gasteiger charge is 2.16. The van der Waals surface area contributed by atoms with E-state index in [0.29, 0.717) is 39.4 Å². The van der Waals surface area contributed by atoms with Gasteiger partial charge < -0.3 is 15.2 Å². The number of nitro benzene ring substituents is 1. The van der Waals surface area contributed by atoms with E-state index in [2.05, 4.69) is 27.4 Å². The third-order valence-corrected chi connectivity index (χ3v) is 6.44. The molecule has 2 aromatic carbocycles. The molecular weight excluding hydrogens is 515 g/mol. The average Bonchev–Trinajstić information content (AvgIpc) is 3.20. The van der Waals surface area contributed by atoms with E-state index in [1.165, 1.54) is 24.3 Å². The molecule has 0 aliphatic heterocycles. The van der Waals surface area contributed by atoms with E-state index in [1.54, 1.807) is 29.7 Å². The molecule has 35 heavy (non-hydrogen) atoms. The predicted octanol–water partition coefficient (Wildman–Crippen LogP) is 4.65. The third kappa shape index (κ3) is 6.81. The third-order valence-electron chi connectivity index (χ3n) is 4.73. The second-order valence-electron chi connectivity index (χ2n) is 7.20. The maximum Gasteiger partial charge on any atom is 0.271 e. The SMILES string of the molecule is C=CCn1c(CNC(=O)c2ccc(Cl)c(Cl)c2)nnc1SCC(=O)Nc1cc([N+](=O)[O-])ccc1C. The normalized spacial score (nSPS) is 10.6. The molecule has 10 nitrogen and oxygen atoms in total. The molecule has 0 atom stereocenters. The number of non-ortho nitro benzene ring substituents is 1. The van der Waals surface area contributed by atoms with Gasteiger partial charge in [0.1, 0.15) is 0 Å². The summed E-state index contributed by atoms with van der Waals surface area (Å²) in [4.78, 5) is 35.4. The Bertz CT molecular complexity index is 1300. The Kier molecular flexibility index (Phi) is 8.85. The summed E-state index contributed by atoms with van der Waals surface area (Å²) >= 11 is 13.0. The number of carbonyl (C=O) groups is 2. The van der Waals surface area contributed by atoms with Crippen LogP contribution in [0.1, 0.15) is 21.7 Å². The number of rotatable bonds is 10. The zero-order valence-corrected chi connectivity index (χ0v) is 20.8. The van der Waals surface area contributed by atoms with Gasteiger partial charge in [-0.15, -0.1) is 16.8 Å². The van der Waals surface area contributed by atoms with E-state index in [-0.39, 0.29) is 34.8 Å². The van der Waals surface area contributed by atoms with Crippen LogP contribution in [-0.4, -0.2) is 37.3 Å². The Morgan fingerprint density at radius 2 is 1.97 bits per heavy atom. The van der Waals surface area contributed by atoms with E-state index in [4.69, 9.17) is 23.2 Å². The molecule has 3 rings (SSSR count). The van der Waals surface area contributed by atoms with Crippen LogP contribution in [0.4, 0.5) is 11.4 Å². The molecule has 0 saturated carbocycles. The number of carbonyl (C=O) groups excluding carboxylic acids is 2. The Morgan fingerprint density at radius 1 is 1.20 bits per heavy atom. The van der Waals surface area contributed by atoms with Gasteiger partial charge in [-0.05, 0) is 30.7 Å². The van der Waals surface area contributed by atoms with Gasteiger partial charge >= 0.3 is 0 Å². The fraction of sp³-hybridized carbons (Fsp3) is 0.182. The number of hydrogen-bond acceptors (Lipinski definition) is 7. The van der Waals surface area contributed by atoms with Crippen molar-refractivity contribution in [3.63, 3.8) is 0 Å². The van der Waals surface area contributed by atoms with Gasteiger partial charge in [-0.2, -0.15) is 0 Å². The number of amides is 2. The summed E-state index contributed by atoms with van der Waals surface area (Å²) in [6, 6.07) is 8.82.